The van der Waals surface area contributed by atoms with E-state index >= 15 is 0 Å². The molecule has 2 aromatic carbocycles. The highest BCUT2D eigenvalue weighted by Gasteiger charge is 2.38. The quantitative estimate of drug-likeness (QED) is 0.622. The molecule has 128 valence electrons. The molecule has 1 heterocycles. The van der Waals surface area contributed by atoms with Gasteiger partial charge in [0.05, 0.1) is 17.4 Å². The van der Waals surface area contributed by atoms with E-state index in [0.717, 1.165) is 20.3 Å². The molecule has 1 atom stereocenters. The third-order valence-electron chi connectivity index (χ3n) is 3.73. The van der Waals surface area contributed by atoms with Crippen LogP contribution in [0.2, 0.25) is 0 Å². The van der Waals surface area contributed by atoms with Gasteiger partial charge in [0.2, 0.25) is 10.0 Å². The van der Waals surface area contributed by atoms with Gasteiger partial charge >= 0.3 is 0 Å². The van der Waals surface area contributed by atoms with Crippen molar-refractivity contribution in [3.05, 3.63) is 57.0 Å². The van der Waals surface area contributed by atoms with Crippen LogP contribution < -0.4 is 4.74 Å². The monoisotopic (exact) mass is 491 g/mol. The third kappa shape index (κ3) is 3.53. The van der Waals surface area contributed by atoms with Gasteiger partial charge in [-0.15, -0.1) is 11.8 Å². The fourth-order valence-electron chi connectivity index (χ4n) is 2.59. The number of nitrogens with zero attached hydrogens (tertiary/aromatic N) is 1. The highest BCUT2D eigenvalue weighted by Crippen LogP contribution is 2.45. The molecule has 0 unspecified atom stereocenters. The van der Waals surface area contributed by atoms with Crippen molar-refractivity contribution in [3.63, 3.8) is 0 Å². The van der Waals surface area contributed by atoms with E-state index in [1.165, 1.54) is 0 Å². The number of hydrogen-bond acceptors (Lipinski definition) is 4. The normalized spacial score (nSPS) is 18.7. The molecule has 2 aromatic rings. The molecule has 1 aliphatic rings. The zero-order valence-electron chi connectivity index (χ0n) is 12.8. The Hall–Kier alpha value is -0.540. The molecular weight excluding hydrogens is 478 g/mol. The fraction of sp³-hybridized carbons (Fsp3) is 0.250. The highest BCUT2D eigenvalue weighted by atomic mass is 79.9. The van der Waals surface area contributed by atoms with E-state index in [2.05, 4.69) is 31.9 Å². The van der Waals surface area contributed by atoms with E-state index in [-0.39, 0.29) is 5.37 Å². The first-order valence-corrected chi connectivity index (χ1v) is 11.2. The standard InChI is InChI=1S/C16H15Br2NO3S2/c1-22-15-7-4-12(18)10-14(15)16-19(8-9-23-16)24(20,21)13-5-2-11(17)3-6-13/h2-7,10,16H,8-9H2,1H3/t16-/m1/s1. The SMILES string of the molecule is COc1ccc(Br)cc1[C@H]1SCCN1S(=O)(=O)c1ccc(Br)cc1. The number of rotatable bonds is 4. The van der Waals surface area contributed by atoms with Crippen molar-refractivity contribution in [2.24, 2.45) is 0 Å². The lowest BCUT2D eigenvalue weighted by molar-refractivity contribution is 0.390. The summed E-state index contributed by atoms with van der Waals surface area (Å²) in [6.07, 6.45) is 0. The molecule has 0 saturated carbocycles. The number of thioether (sulfide) groups is 1. The number of ether oxygens (including phenoxy) is 1. The molecule has 0 bridgehead atoms. The molecule has 1 fully saturated rings. The molecule has 0 radical (unpaired) electrons. The number of methoxy groups -OCH3 is 1. The van der Waals surface area contributed by atoms with Crippen molar-refractivity contribution < 1.29 is 13.2 Å². The van der Waals surface area contributed by atoms with E-state index in [9.17, 15) is 8.42 Å². The average molecular weight is 493 g/mol. The summed E-state index contributed by atoms with van der Waals surface area (Å²) in [4.78, 5) is 0.298. The first-order chi connectivity index (χ1) is 11.4. The molecule has 3 rings (SSSR count). The first-order valence-electron chi connectivity index (χ1n) is 7.16. The summed E-state index contributed by atoms with van der Waals surface area (Å²) in [5.41, 5.74) is 0.857. The van der Waals surface area contributed by atoms with Gasteiger partial charge in [-0.1, -0.05) is 31.9 Å². The maximum absolute atomic E-state index is 13.1. The van der Waals surface area contributed by atoms with Crippen molar-refractivity contribution >= 4 is 53.6 Å². The van der Waals surface area contributed by atoms with Gasteiger partial charge in [-0.3, -0.25) is 0 Å². The first kappa shape index (κ1) is 18.3. The Balaban J connectivity index is 2.02. The second-order valence-corrected chi connectivity index (χ2v) is 10.1. The second kappa shape index (κ2) is 7.37. The van der Waals surface area contributed by atoms with Crippen LogP contribution in [-0.2, 0) is 10.0 Å². The van der Waals surface area contributed by atoms with Crippen LogP contribution in [0.3, 0.4) is 0 Å². The molecule has 1 aliphatic heterocycles. The molecule has 1 saturated heterocycles. The molecule has 0 aromatic heterocycles. The molecule has 4 nitrogen and oxygen atoms in total. The topological polar surface area (TPSA) is 46.6 Å². The van der Waals surface area contributed by atoms with E-state index < -0.39 is 10.0 Å². The Morgan fingerprint density at radius 1 is 1.12 bits per heavy atom. The minimum atomic E-state index is -3.57. The Bertz CT molecular complexity index is 841. The summed E-state index contributed by atoms with van der Waals surface area (Å²) in [6.45, 7) is 0.476. The van der Waals surface area contributed by atoms with Gasteiger partial charge in [-0.05, 0) is 42.5 Å². The lowest BCUT2D eigenvalue weighted by atomic mass is 10.2. The Morgan fingerprint density at radius 3 is 2.46 bits per heavy atom. The van der Waals surface area contributed by atoms with Crippen molar-refractivity contribution in [1.29, 1.82) is 0 Å². The summed E-state index contributed by atoms with van der Waals surface area (Å²) in [5, 5.41) is -0.300. The van der Waals surface area contributed by atoms with Crippen molar-refractivity contribution in [1.82, 2.24) is 4.31 Å². The molecule has 8 heteroatoms. The van der Waals surface area contributed by atoms with E-state index in [1.54, 1.807) is 47.4 Å². The van der Waals surface area contributed by atoms with Crippen LogP contribution in [0.4, 0.5) is 0 Å². The molecule has 24 heavy (non-hydrogen) atoms. The predicted octanol–water partition coefficient (Wildman–Crippen LogP) is 4.66. The van der Waals surface area contributed by atoms with Gasteiger partial charge in [0.25, 0.3) is 0 Å². The zero-order valence-corrected chi connectivity index (χ0v) is 17.6. The second-order valence-electron chi connectivity index (χ2n) is 5.18. The highest BCUT2D eigenvalue weighted by molar-refractivity contribution is 9.10. The van der Waals surface area contributed by atoms with Gasteiger partial charge in [-0.2, -0.15) is 4.31 Å². The van der Waals surface area contributed by atoms with E-state index in [0.29, 0.717) is 17.2 Å². The average Bonchev–Trinajstić information content (AvgIpc) is 3.05. The Kier molecular flexibility index (Phi) is 5.61. The van der Waals surface area contributed by atoms with Gasteiger partial charge in [0, 0.05) is 26.8 Å². The summed E-state index contributed by atoms with van der Waals surface area (Å²) < 4.78 is 34.8. The van der Waals surface area contributed by atoms with Crippen LogP contribution in [-0.4, -0.2) is 32.1 Å². The van der Waals surface area contributed by atoms with Gasteiger partial charge < -0.3 is 4.74 Å². The van der Waals surface area contributed by atoms with Crippen LogP contribution in [0.25, 0.3) is 0 Å². The number of sulfonamides is 1. The molecular formula is C16H15Br2NO3S2. The Morgan fingerprint density at radius 2 is 1.79 bits per heavy atom. The lowest BCUT2D eigenvalue weighted by Crippen LogP contribution is -2.30. The summed E-state index contributed by atoms with van der Waals surface area (Å²) in [6, 6.07) is 12.4. The van der Waals surface area contributed by atoms with Crippen LogP contribution in [0, 0.1) is 0 Å². The predicted molar refractivity (Wildman–Crippen MR) is 104 cm³/mol. The molecule has 0 amide bonds. The van der Waals surface area contributed by atoms with Crippen molar-refractivity contribution in [2.75, 3.05) is 19.4 Å². The molecule has 0 N–H and O–H groups in total. The largest absolute Gasteiger partial charge is 0.496 e. The minimum Gasteiger partial charge on any atom is -0.496 e. The fourth-order valence-corrected chi connectivity index (χ4v) is 6.48. The number of benzene rings is 2. The maximum Gasteiger partial charge on any atom is 0.244 e. The number of halogens is 2. The molecule has 0 spiro atoms. The summed E-state index contributed by atoms with van der Waals surface area (Å²) in [7, 11) is -1.97. The van der Waals surface area contributed by atoms with Crippen LogP contribution in [0.5, 0.6) is 5.75 Å². The smallest absolute Gasteiger partial charge is 0.244 e. The summed E-state index contributed by atoms with van der Waals surface area (Å²) in [5.74, 6) is 1.43. The van der Waals surface area contributed by atoms with Crippen molar-refractivity contribution in [2.45, 2.75) is 10.3 Å². The maximum atomic E-state index is 13.1. The van der Waals surface area contributed by atoms with Crippen molar-refractivity contribution in [3.8, 4) is 5.75 Å². The van der Waals surface area contributed by atoms with Gasteiger partial charge in [0.1, 0.15) is 5.75 Å². The lowest BCUT2D eigenvalue weighted by Gasteiger charge is -2.25. The third-order valence-corrected chi connectivity index (χ3v) is 8.00. The Labute approximate surface area is 162 Å². The van der Waals surface area contributed by atoms with E-state index in [4.69, 9.17) is 4.74 Å². The van der Waals surface area contributed by atoms with Crippen LogP contribution in [0.1, 0.15) is 10.9 Å². The van der Waals surface area contributed by atoms with Crippen LogP contribution in [0.15, 0.2) is 56.3 Å². The van der Waals surface area contributed by atoms with Gasteiger partial charge in [-0.25, -0.2) is 8.42 Å². The molecule has 0 aliphatic carbocycles. The van der Waals surface area contributed by atoms with Crippen LogP contribution >= 0.6 is 43.6 Å². The summed E-state index contributed by atoms with van der Waals surface area (Å²) >= 11 is 8.40. The van der Waals surface area contributed by atoms with Gasteiger partial charge in [0.15, 0.2) is 0 Å². The van der Waals surface area contributed by atoms with E-state index in [1.807, 2.05) is 18.2 Å². The minimum absolute atomic E-state index is 0.298. The zero-order chi connectivity index (χ0) is 17.3. The number of hydrogen-bond donors (Lipinski definition) is 0.